The van der Waals surface area contributed by atoms with E-state index in [1.165, 1.54) is 11.0 Å². The lowest BCUT2D eigenvalue weighted by atomic mass is 9.94. The summed E-state index contributed by atoms with van der Waals surface area (Å²) in [4.78, 5) is 13.7. The number of benzene rings is 1. The Morgan fingerprint density at radius 3 is 2.62 bits per heavy atom. The number of carbonyl (C=O) groups excluding carboxylic acids is 1. The van der Waals surface area contributed by atoms with Gasteiger partial charge in [-0.1, -0.05) is 31.5 Å². The van der Waals surface area contributed by atoms with Crippen molar-refractivity contribution in [1.29, 1.82) is 0 Å². The number of rotatable bonds is 7. The van der Waals surface area contributed by atoms with Gasteiger partial charge in [-0.3, -0.25) is 4.79 Å². The number of amides is 1. The average Bonchev–Trinajstić information content (AvgIpc) is 2.41. The Bertz CT molecular complexity index is 459. The highest BCUT2D eigenvalue weighted by atomic mass is 35.5. The second-order valence-electron chi connectivity index (χ2n) is 5.89. The Morgan fingerprint density at radius 1 is 1.43 bits per heavy atom. The van der Waals surface area contributed by atoms with Crippen molar-refractivity contribution >= 4 is 17.5 Å². The fourth-order valence-electron chi connectivity index (χ4n) is 2.34. The normalized spacial score (nSPS) is 12.5. The van der Waals surface area contributed by atoms with Crippen LogP contribution in [-0.2, 0) is 11.3 Å². The summed E-state index contributed by atoms with van der Waals surface area (Å²) in [5, 5.41) is 0.340. The summed E-state index contributed by atoms with van der Waals surface area (Å²) in [7, 11) is 1.66. The zero-order chi connectivity index (χ0) is 16.0. The Morgan fingerprint density at radius 2 is 2.10 bits per heavy atom. The van der Waals surface area contributed by atoms with Gasteiger partial charge in [0.1, 0.15) is 5.82 Å². The average molecular weight is 315 g/mol. The Labute approximate surface area is 131 Å². The first-order valence-electron chi connectivity index (χ1n) is 7.22. The van der Waals surface area contributed by atoms with Crippen LogP contribution in [0.2, 0.25) is 5.02 Å². The molecule has 5 heteroatoms. The van der Waals surface area contributed by atoms with Gasteiger partial charge in [-0.15, -0.1) is 0 Å². The standard InChI is InChI=1S/C16H24ClFN2O/c1-11(2)7-12(9-19)8-16(21)20(3)10-13-14(17)5-4-6-15(13)18/h4-6,11-12H,7-10,19H2,1-3H3/t12-/m0/s1. The first-order chi connectivity index (χ1) is 9.85. The maximum absolute atomic E-state index is 13.7. The second-order valence-corrected chi connectivity index (χ2v) is 6.29. The number of nitrogens with two attached hydrogens (primary N) is 1. The molecule has 3 nitrogen and oxygen atoms in total. The van der Waals surface area contributed by atoms with E-state index in [4.69, 9.17) is 17.3 Å². The lowest BCUT2D eigenvalue weighted by Gasteiger charge is -2.22. The highest BCUT2D eigenvalue weighted by molar-refractivity contribution is 6.31. The fraction of sp³-hybridized carbons (Fsp3) is 0.562. The molecule has 0 heterocycles. The molecule has 1 atom stereocenters. The van der Waals surface area contributed by atoms with Crippen LogP contribution < -0.4 is 5.73 Å². The molecular weight excluding hydrogens is 291 g/mol. The maximum Gasteiger partial charge on any atom is 0.222 e. The second kappa shape index (κ2) is 8.35. The summed E-state index contributed by atoms with van der Waals surface area (Å²) in [6.07, 6.45) is 1.30. The van der Waals surface area contributed by atoms with Crippen molar-refractivity contribution in [1.82, 2.24) is 4.90 Å². The van der Waals surface area contributed by atoms with Crippen LogP contribution in [0.5, 0.6) is 0 Å². The largest absolute Gasteiger partial charge is 0.341 e. The zero-order valence-electron chi connectivity index (χ0n) is 12.9. The highest BCUT2D eigenvalue weighted by Crippen LogP contribution is 2.21. The van der Waals surface area contributed by atoms with Gasteiger partial charge in [0.05, 0.1) is 0 Å². The third kappa shape index (κ3) is 5.64. The van der Waals surface area contributed by atoms with Crippen molar-refractivity contribution < 1.29 is 9.18 Å². The van der Waals surface area contributed by atoms with Gasteiger partial charge in [0.25, 0.3) is 0 Å². The molecule has 0 radical (unpaired) electrons. The molecule has 0 bridgehead atoms. The van der Waals surface area contributed by atoms with E-state index in [9.17, 15) is 9.18 Å². The molecule has 1 aromatic rings. The first kappa shape index (κ1) is 17.9. The van der Waals surface area contributed by atoms with Crippen molar-refractivity contribution in [2.45, 2.75) is 33.2 Å². The molecule has 1 rings (SSSR count). The minimum atomic E-state index is -0.389. The minimum absolute atomic E-state index is 0.0366. The molecule has 2 N–H and O–H groups in total. The van der Waals surface area contributed by atoms with Crippen molar-refractivity contribution in [2.75, 3.05) is 13.6 Å². The SMILES string of the molecule is CC(C)C[C@H](CN)CC(=O)N(C)Cc1c(F)cccc1Cl. The molecular formula is C16H24ClFN2O. The van der Waals surface area contributed by atoms with Gasteiger partial charge in [0.15, 0.2) is 0 Å². The summed E-state index contributed by atoms with van der Waals surface area (Å²) < 4.78 is 13.7. The molecule has 0 saturated heterocycles. The first-order valence-corrected chi connectivity index (χ1v) is 7.59. The van der Waals surface area contributed by atoms with E-state index in [1.54, 1.807) is 19.2 Å². The van der Waals surface area contributed by atoms with Crippen molar-refractivity contribution in [3.8, 4) is 0 Å². The lowest BCUT2D eigenvalue weighted by molar-refractivity contribution is -0.131. The Balaban J connectivity index is 2.66. The topological polar surface area (TPSA) is 46.3 Å². The van der Waals surface area contributed by atoms with Crippen LogP contribution in [-0.4, -0.2) is 24.4 Å². The molecule has 0 unspecified atom stereocenters. The van der Waals surface area contributed by atoms with Crippen LogP contribution >= 0.6 is 11.6 Å². The van der Waals surface area contributed by atoms with Crippen LogP contribution in [0.15, 0.2) is 18.2 Å². The van der Waals surface area contributed by atoms with Gasteiger partial charge in [-0.25, -0.2) is 4.39 Å². The third-order valence-corrected chi connectivity index (χ3v) is 3.84. The Kier molecular flexibility index (Phi) is 7.12. The van der Waals surface area contributed by atoms with Crippen LogP contribution in [0.4, 0.5) is 4.39 Å². The quantitative estimate of drug-likeness (QED) is 0.838. The summed E-state index contributed by atoms with van der Waals surface area (Å²) in [5.41, 5.74) is 6.07. The van der Waals surface area contributed by atoms with Gasteiger partial charge < -0.3 is 10.6 Å². The molecule has 0 spiro atoms. The number of halogens is 2. The van der Waals surface area contributed by atoms with Gasteiger partial charge in [0.2, 0.25) is 5.91 Å². The zero-order valence-corrected chi connectivity index (χ0v) is 13.7. The van der Waals surface area contributed by atoms with Crippen molar-refractivity contribution in [2.24, 2.45) is 17.6 Å². The van der Waals surface area contributed by atoms with Crippen molar-refractivity contribution in [3.05, 3.63) is 34.6 Å². The molecule has 118 valence electrons. The van der Waals surface area contributed by atoms with Gasteiger partial charge >= 0.3 is 0 Å². The van der Waals surface area contributed by atoms with E-state index in [1.807, 2.05) is 0 Å². The van der Waals surface area contributed by atoms with Crippen LogP contribution in [0.25, 0.3) is 0 Å². The van der Waals surface area contributed by atoms with E-state index in [0.29, 0.717) is 29.5 Å². The molecule has 0 saturated carbocycles. The van der Waals surface area contributed by atoms with E-state index < -0.39 is 0 Å². The molecule has 0 aromatic heterocycles. The fourth-order valence-corrected chi connectivity index (χ4v) is 2.56. The predicted molar refractivity (Wildman–Crippen MR) is 84.5 cm³/mol. The summed E-state index contributed by atoms with van der Waals surface area (Å²) in [6.45, 7) is 4.87. The summed E-state index contributed by atoms with van der Waals surface area (Å²) in [6, 6.07) is 4.52. The molecule has 0 aliphatic rings. The summed E-state index contributed by atoms with van der Waals surface area (Å²) >= 11 is 5.98. The maximum atomic E-state index is 13.7. The molecule has 0 fully saturated rings. The smallest absolute Gasteiger partial charge is 0.222 e. The number of hydrogen-bond acceptors (Lipinski definition) is 2. The molecule has 0 aliphatic carbocycles. The molecule has 0 aliphatic heterocycles. The number of hydrogen-bond donors (Lipinski definition) is 1. The van der Waals surface area contributed by atoms with E-state index in [2.05, 4.69) is 13.8 Å². The van der Waals surface area contributed by atoms with Crippen LogP contribution in [0.1, 0.15) is 32.3 Å². The highest BCUT2D eigenvalue weighted by Gasteiger charge is 2.19. The van der Waals surface area contributed by atoms with E-state index in [-0.39, 0.29) is 24.2 Å². The lowest BCUT2D eigenvalue weighted by Crippen LogP contribution is -2.31. The van der Waals surface area contributed by atoms with E-state index in [0.717, 1.165) is 6.42 Å². The Hall–Kier alpha value is -1.13. The number of nitrogens with zero attached hydrogens (tertiary/aromatic N) is 1. The predicted octanol–water partition coefficient (Wildman–Crippen LogP) is 3.45. The van der Waals surface area contributed by atoms with Crippen molar-refractivity contribution in [3.63, 3.8) is 0 Å². The van der Waals surface area contributed by atoms with Crippen LogP contribution in [0.3, 0.4) is 0 Å². The van der Waals surface area contributed by atoms with Gasteiger partial charge in [0, 0.05) is 30.6 Å². The molecule has 1 aromatic carbocycles. The third-order valence-electron chi connectivity index (χ3n) is 3.48. The molecule has 21 heavy (non-hydrogen) atoms. The minimum Gasteiger partial charge on any atom is -0.341 e. The molecule has 1 amide bonds. The van der Waals surface area contributed by atoms with Crippen LogP contribution in [0, 0.1) is 17.7 Å². The number of carbonyl (C=O) groups is 1. The van der Waals surface area contributed by atoms with Gasteiger partial charge in [-0.05, 0) is 36.9 Å². The monoisotopic (exact) mass is 314 g/mol. The summed E-state index contributed by atoms with van der Waals surface area (Å²) in [5.74, 6) is 0.235. The van der Waals surface area contributed by atoms with Gasteiger partial charge in [-0.2, -0.15) is 0 Å². The van der Waals surface area contributed by atoms with E-state index >= 15 is 0 Å².